The van der Waals surface area contributed by atoms with E-state index in [2.05, 4.69) is 20.6 Å². The number of benzene rings is 1. The van der Waals surface area contributed by atoms with Crippen LogP contribution in [0.4, 0.5) is 29.3 Å². The molecule has 0 bridgehead atoms. The molecular weight excluding hydrogens is 465 g/mol. The van der Waals surface area contributed by atoms with E-state index in [-0.39, 0.29) is 28.6 Å². The fourth-order valence-electron chi connectivity index (χ4n) is 3.20. The molecule has 3 aromatic rings. The van der Waals surface area contributed by atoms with Crippen LogP contribution in [-0.4, -0.2) is 27.2 Å². The van der Waals surface area contributed by atoms with Gasteiger partial charge in [-0.25, -0.2) is 19.3 Å². The number of carbonyl (C=O) groups is 1. The monoisotopic (exact) mass is 486 g/mol. The van der Waals surface area contributed by atoms with Crippen LogP contribution in [0.2, 0.25) is 0 Å². The second-order valence-corrected chi connectivity index (χ2v) is 7.38. The second kappa shape index (κ2) is 10.3. The molecule has 0 fully saturated rings. The maximum Gasteiger partial charge on any atom is 0.416 e. The molecule has 2 aromatic heterocycles. The van der Waals surface area contributed by atoms with Gasteiger partial charge >= 0.3 is 12.2 Å². The first kappa shape index (κ1) is 25.2. The number of nitriles is 1. The Kier molecular flexibility index (Phi) is 7.39. The zero-order chi connectivity index (χ0) is 25.8. The first-order valence-electron chi connectivity index (χ1n) is 10.4. The van der Waals surface area contributed by atoms with Crippen LogP contribution in [0, 0.1) is 18.3 Å². The van der Waals surface area contributed by atoms with Gasteiger partial charge in [-0.1, -0.05) is 6.07 Å². The van der Waals surface area contributed by atoms with E-state index in [1.807, 2.05) is 0 Å². The van der Waals surface area contributed by atoms with Crippen molar-refractivity contribution in [2.75, 3.05) is 17.2 Å². The highest BCUT2D eigenvalue weighted by Gasteiger charge is 2.35. The Hall–Kier alpha value is -4.40. The summed E-state index contributed by atoms with van der Waals surface area (Å²) < 4.78 is 46.8. The van der Waals surface area contributed by atoms with Gasteiger partial charge < -0.3 is 15.4 Å². The Balaban J connectivity index is 1.80. The minimum Gasteiger partial charge on any atom is -0.488 e. The van der Waals surface area contributed by atoms with Gasteiger partial charge in [-0.3, -0.25) is 4.79 Å². The van der Waals surface area contributed by atoms with Crippen LogP contribution in [0.25, 0.3) is 5.95 Å². The van der Waals surface area contributed by atoms with E-state index < -0.39 is 29.2 Å². The summed E-state index contributed by atoms with van der Waals surface area (Å²) >= 11 is 0. The van der Waals surface area contributed by atoms with Crippen molar-refractivity contribution in [1.29, 1.82) is 5.26 Å². The lowest BCUT2D eigenvalue weighted by Gasteiger charge is -2.16. The normalized spacial score (nSPS) is 11.9. The zero-order valence-corrected chi connectivity index (χ0v) is 19.0. The summed E-state index contributed by atoms with van der Waals surface area (Å²) in [5, 5.41) is 13.8. The van der Waals surface area contributed by atoms with Gasteiger partial charge in [-0.15, -0.1) is 0 Å². The third-order valence-electron chi connectivity index (χ3n) is 4.92. The number of carbonyl (C=O) groups excluding carboxylic acids is 1. The van der Waals surface area contributed by atoms with Gasteiger partial charge in [-0.05, 0) is 50.6 Å². The molecule has 1 unspecified atom stereocenters. The average molecular weight is 486 g/mol. The van der Waals surface area contributed by atoms with Crippen LogP contribution in [-0.2, 0) is 6.18 Å². The van der Waals surface area contributed by atoms with E-state index in [1.165, 1.54) is 36.0 Å². The Labute approximate surface area is 198 Å². The van der Waals surface area contributed by atoms with E-state index in [1.54, 1.807) is 26.0 Å². The highest BCUT2D eigenvalue weighted by Crippen LogP contribution is 2.36. The molecule has 9 nitrogen and oxygen atoms in total. The molecule has 2 amide bonds. The molecule has 182 valence electrons. The van der Waals surface area contributed by atoms with Crippen LogP contribution in [0.15, 0.2) is 47.5 Å². The molecule has 1 atom stereocenters. The first-order valence-corrected chi connectivity index (χ1v) is 10.4. The molecule has 0 spiro atoms. The van der Waals surface area contributed by atoms with Crippen molar-refractivity contribution in [3.63, 3.8) is 0 Å². The molecule has 0 saturated carbocycles. The Morgan fingerprint density at radius 3 is 2.66 bits per heavy atom. The Bertz CT molecular complexity index is 1350. The van der Waals surface area contributed by atoms with Crippen molar-refractivity contribution in [2.24, 2.45) is 0 Å². The number of hydrogen-bond donors (Lipinski definition) is 2. The van der Waals surface area contributed by atoms with Gasteiger partial charge in [0, 0.05) is 11.9 Å². The van der Waals surface area contributed by atoms with Crippen molar-refractivity contribution in [3.05, 3.63) is 69.9 Å². The maximum absolute atomic E-state index is 13.5. The van der Waals surface area contributed by atoms with Crippen LogP contribution < -0.4 is 20.9 Å². The number of nitrogens with zero attached hydrogens (tertiary/aromatic N) is 4. The molecule has 12 heteroatoms. The number of urea groups is 1. The number of anilines is 2. The quantitative estimate of drug-likeness (QED) is 0.524. The van der Waals surface area contributed by atoms with Gasteiger partial charge in [0.1, 0.15) is 0 Å². The van der Waals surface area contributed by atoms with E-state index in [4.69, 9.17) is 10.00 Å². The molecule has 35 heavy (non-hydrogen) atoms. The third-order valence-corrected chi connectivity index (χ3v) is 4.92. The number of aromatic nitrogens is 3. The van der Waals surface area contributed by atoms with Crippen molar-refractivity contribution in [2.45, 2.75) is 32.9 Å². The number of nitrogens with one attached hydrogen (secondary N) is 2. The Morgan fingerprint density at radius 2 is 2.03 bits per heavy atom. The van der Waals surface area contributed by atoms with Crippen LogP contribution in [0.3, 0.4) is 0 Å². The van der Waals surface area contributed by atoms with Crippen molar-refractivity contribution < 1.29 is 22.7 Å². The van der Waals surface area contributed by atoms with Gasteiger partial charge in [0.2, 0.25) is 5.95 Å². The van der Waals surface area contributed by atoms with E-state index in [0.717, 1.165) is 12.1 Å². The number of rotatable bonds is 6. The second-order valence-electron chi connectivity index (χ2n) is 7.38. The SMILES string of the molecule is CCOc1cccn(-c2ncc(NC(=O)Nc3ccc(C(C)C#N)c(C(F)(F)F)c3)c(C)n2)c1=O. The number of pyridine rings is 1. The van der Waals surface area contributed by atoms with Crippen molar-refractivity contribution in [3.8, 4) is 17.8 Å². The molecule has 1 aromatic carbocycles. The first-order chi connectivity index (χ1) is 16.5. The molecule has 2 heterocycles. The zero-order valence-electron chi connectivity index (χ0n) is 19.0. The third kappa shape index (κ3) is 5.75. The van der Waals surface area contributed by atoms with E-state index in [0.29, 0.717) is 12.3 Å². The summed E-state index contributed by atoms with van der Waals surface area (Å²) in [5.41, 5.74) is -1.26. The largest absolute Gasteiger partial charge is 0.488 e. The summed E-state index contributed by atoms with van der Waals surface area (Å²) in [4.78, 5) is 33.2. The predicted molar refractivity (Wildman–Crippen MR) is 122 cm³/mol. The lowest BCUT2D eigenvalue weighted by Crippen LogP contribution is -2.23. The summed E-state index contributed by atoms with van der Waals surface area (Å²) in [6.45, 7) is 4.98. The molecular formula is C23H21F3N6O3. The number of hydrogen-bond acceptors (Lipinski definition) is 6. The van der Waals surface area contributed by atoms with Gasteiger partial charge in [0.05, 0.1) is 41.7 Å². The highest BCUT2D eigenvalue weighted by molar-refractivity contribution is 6.00. The maximum atomic E-state index is 13.5. The van der Waals surface area contributed by atoms with Gasteiger partial charge in [0.15, 0.2) is 5.75 Å². The summed E-state index contributed by atoms with van der Waals surface area (Å²) in [6, 6.07) is 7.28. The number of halogens is 3. The predicted octanol–water partition coefficient (Wildman–Crippen LogP) is 4.62. The van der Waals surface area contributed by atoms with Crippen molar-refractivity contribution in [1.82, 2.24) is 14.5 Å². The summed E-state index contributed by atoms with van der Waals surface area (Å²) in [7, 11) is 0. The van der Waals surface area contributed by atoms with Gasteiger partial charge in [0.25, 0.3) is 5.56 Å². The van der Waals surface area contributed by atoms with Crippen LogP contribution >= 0.6 is 0 Å². The molecule has 0 aliphatic rings. The minimum atomic E-state index is -4.70. The highest BCUT2D eigenvalue weighted by atomic mass is 19.4. The topological polar surface area (TPSA) is 122 Å². The molecule has 0 aliphatic carbocycles. The lowest BCUT2D eigenvalue weighted by atomic mass is 9.96. The van der Waals surface area contributed by atoms with Crippen molar-refractivity contribution >= 4 is 17.4 Å². The lowest BCUT2D eigenvalue weighted by molar-refractivity contribution is -0.138. The summed E-state index contributed by atoms with van der Waals surface area (Å²) in [6.07, 6.45) is -1.96. The molecule has 0 saturated heterocycles. The smallest absolute Gasteiger partial charge is 0.416 e. The average Bonchev–Trinajstić information content (AvgIpc) is 2.81. The number of aryl methyl sites for hydroxylation is 1. The fourth-order valence-corrected chi connectivity index (χ4v) is 3.20. The van der Waals surface area contributed by atoms with Gasteiger partial charge in [-0.2, -0.15) is 18.4 Å². The van der Waals surface area contributed by atoms with E-state index in [9.17, 15) is 22.8 Å². The Morgan fingerprint density at radius 1 is 1.29 bits per heavy atom. The standard InChI is InChI=1S/C23H21F3N6O3/c1-4-35-19-6-5-9-32(20(19)33)21-28-12-18(14(3)29-21)31-22(34)30-15-7-8-16(13(2)11-27)17(10-15)23(24,25)26/h5-10,12-13H,4H2,1-3H3,(H2,30,31,34). The molecule has 0 radical (unpaired) electrons. The number of ether oxygens (including phenoxy) is 1. The number of amides is 2. The van der Waals surface area contributed by atoms with Crippen LogP contribution in [0.1, 0.15) is 36.6 Å². The van der Waals surface area contributed by atoms with E-state index >= 15 is 0 Å². The summed E-state index contributed by atoms with van der Waals surface area (Å²) in [5.74, 6) is -0.794. The van der Waals surface area contributed by atoms with Crippen LogP contribution in [0.5, 0.6) is 5.75 Å². The molecule has 2 N–H and O–H groups in total. The fraction of sp³-hybridized carbons (Fsp3) is 0.261. The minimum absolute atomic E-state index is 0.0528. The molecule has 3 rings (SSSR count). The number of alkyl halides is 3. The molecule has 0 aliphatic heterocycles.